The number of hydrogen-bond acceptors (Lipinski definition) is 5. The van der Waals surface area contributed by atoms with Crippen molar-refractivity contribution in [1.29, 1.82) is 0 Å². The molecule has 0 bridgehead atoms. The fourth-order valence-corrected chi connectivity index (χ4v) is 3.90. The second-order valence-electron chi connectivity index (χ2n) is 7.98. The van der Waals surface area contributed by atoms with Crippen molar-refractivity contribution in [2.75, 3.05) is 6.61 Å². The number of rotatable bonds is 6. The molecule has 2 heterocycles. The Bertz CT molecular complexity index is 818. The van der Waals surface area contributed by atoms with Crippen molar-refractivity contribution in [1.82, 2.24) is 15.2 Å². The van der Waals surface area contributed by atoms with E-state index in [0.29, 0.717) is 24.8 Å². The van der Waals surface area contributed by atoms with Crippen LogP contribution >= 0.6 is 0 Å². The van der Waals surface area contributed by atoms with Gasteiger partial charge in [0.25, 0.3) is 0 Å². The van der Waals surface area contributed by atoms with E-state index < -0.39 is 5.97 Å². The summed E-state index contributed by atoms with van der Waals surface area (Å²) < 4.78 is 5.91. The molecule has 27 heavy (non-hydrogen) atoms. The van der Waals surface area contributed by atoms with Crippen LogP contribution in [0.4, 0.5) is 0 Å². The van der Waals surface area contributed by atoms with Crippen molar-refractivity contribution in [2.45, 2.75) is 44.9 Å². The molecule has 142 valence electrons. The first-order chi connectivity index (χ1) is 13.1. The Morgan fingerprint density at radius 1 is 1.22 bits per heavy atom. The Hall–Kier alpha value is -2.50. The van der Waals surface area contributed by atoms with Gasteiger partial charge in [-0.1, -0.05) is 19.8 Å². The normalized spacial score (nSPS) is 27.1. The zero-order valence-corrected chi connectivity index (χ0v) is 15.5. The van der Waals surface area contributed by atoms with Crippen molar-refractivity contribution < 1.29 is 14.6 Å². The summed E-state index contributed by atoms with van der Waals surface area (Å²) >= 11 is 0. The van der Waals surface area contributed by atoms with Crippen molar-refractivity contribution in [3.63, 3.8) is 0 Å². The van der Waals surface area contributed by atoms with Gasteiger partial charge < -0.3 is 9.84 Å². The van der Waals surface area contributed by atoms with E-state index in [1.54, 1.807) is 12.4 Å². The van der Waals surface area contributed by atoms with E-state index in [2.05, 4.69) is 22.1 Å². The molecule has 0 aromatic carbocycles. The summed E-state index contributed by atoms with van der Waals surface area (Å²) in [6, 6.07) is 5.76. The molecule has 2 saturated carbocycles. The molecule has 2 aliphatic rings. The Balaban J connectivity index is 1.42. The highest BCUT2D eigenvalue weighted by molar-refractivity contribution is 5.75. The number of ether oxygens (including phenoxy) is 1. The average Bonchev–Trinajstić information content (AvgIpc) is 3.49. The maximum absolute atomic E-state index is 11.1. The van der Waals surface area contributed by atoms with Crippen LogP contribution in [0, 0.1) is 17.8 Å². The quantitative estimate of drug-likeness (QED) is 0.832. The number of nitrogens with zero attached hydrogens (tertiary/aromatic N) is 3. The smallest absolute Gasteiger partial charge is 0.307 e. The monoisotopic (exact) mass is 367 g/mol. The zero-order valence-electron chi connectivity index (χ0n) is 15.5. The summed E-state index contributed by atoms with van der Waals surface area (Å²) in [5, 5.41) is 17.3. The van der Waals surface area contributed by atoms with Crippen LogP contribution in [-0.4, -0.2) is 32.9 Å². The molecular weight excluding hydrogens is 342 g/mol. The zero-order chi connectivity index (χ0) is 18.8. The van der Waals surface area contributed by atoms with Crippen LogP contribution in [0.25, 0.3) is 11.1 Å². The maximum atomic E-state index is 11.1. The van der Waals surface area contributed by atoms with Crippen LogP contribution in [0.1, 0.15) is 50.6 Å². The third-order valence-electron chi connectivity index (χ3n) is 5.84. The van der Waals surface area contributed by atoms with Gasteiger partial charge in [0.2, 0.25) is 5.88 Å². The standard InChI is InChI=1S/C21H25N3O3/c1-13-2-4-14(5-3-13)12-27-20-9-16(11-23-24-20)15-6-7-22-19(8-15)17-10-18(17)21(25)26/h6-9,11,13-14,17-18H,2-5,10,12H2,1H3,(H,25,26)/t13-,14-,17-,18-/m0/s1. The lowest BCUT2D eigenvalue weighted by molar-refractivity contribution is -0.138. The highest BCUT2D eigenvalue weighted by Crippen LogP contribution is 2.47. The lowest BCUT2D eigenvalue weighted by Crippen LogP contribution is -2.19. The minimum absolute atomic E-state index is 0.0154. The molecule has 2 atom stereocenters. The summed E-state index contributed by atoms with van der Waals surface area (Å²) in [6.45, 7) is 3.00. The van der Waals surface area contributed by atoms with Gasteiger partial charge in [-0.15, -0.1) is 5.10 Å². The van der Waals surface area contributed by atoms with Crippen molar-refractivity contribution in [3.8, 4) is 17.0 Å². The van der Waals surface area contributed by atoms with Gasteiger partial charge in [0.05, 0.1) is 18.7 Å². The van der Waals surface area contributed by atoms with Crippen LogP contribution in [0.2, 0.25) is 0 Å². The molecular formula is C21H25N3O3. The summed E-state index contributed by atoms with van der Waals surface area (Å²) in [5.74, 6) is 0.937. The predicted octanol–water partition coefficient (Wildman–Crippen LogP) is 3.93. The molecule has 2 fully saturated rings. The van der Waals surface area contributed by atoms with E-state index in [9.17, 15) is 4.79 Å². The van der Waals surface area contributed by atoms with Crippen LogP contribution in [0.15, 0.2) is 30.6 Å². The van der Waals surface area contributed by atoms with Gasteiger partial charge in [-0.05, 0) is 48.8 Å². The van der Waals surface area contributed by atoms with Gasteiger partial charge in [0.1, 0.15) is 0 Å². The molecule has 0 spiro atoms. The first kappa shape index (κ1) is 17.9. The SMILES string of the molecule is C[C@H]1CC[C@H](COc2cc(-c3ccnc([C@H]4C[C@@H]4C(=O)O)c3)cnn2)CC1. The lowest BCUT2D eigenvalue weighted by Gasteiger charge is -2.25. The summed E-state index contributed by atoms with van der Waals surface area (Å²) in [5.41, 5.74) is 2.70. The molecule has 6 nitrogen and oxygen atoms in total. The van der Waals surface area contributed by atoms with Crippen LogP contribution in [-0.2, 0) is 4.79 Å². The van der Waals surface area contributed by atoms with Crippen LogP contribution in [0.3, 0.4) is 0 Å². The third-order valence-corrected chi connectivity index (χ3v) is 5.84. The number of carboxylic acid groups (broad SMARTS) is 1. The van der Waals surface area contributed by atoms with E-state index in [1.807, 2.05) is 18.2 Å². The Kier molecular flexibility index (Phi) is 5.05. The second kappa shape index (κ2) is 7.62. The molecule has 2 aromatic rings. The predicted molar refractivity (Wildman–Crippen MR) is 100 cm³/mol. The van der Waals surface area contributed by atoms with Gasteiger partial charge in [-0.2, -0.15) is 5.10 Å². The largest absolute Gasteiger partial charge is 0.481 e. The fraction of sp³-hybridized carbons (Fsp3) is 0.524. The first-order valence-corrected chi connectivity index (χ1v) is 9.75. The lowest BCUT2D eigenvalue weighted by atomic mass is 9.83. The van der Waals surface area contributed by atoms with E-state index in [0.717, 1.165) is 22.7 Å². The Morgan fingerprint density at radius 2 is 2.04 bits per heavy atom. The van der Waals surface area contributed by atoms with Gasteiger partial charge >= 0.3 is 5.97 Å². The number of aromatic nitrogens is 3. The van der Waals surface area contributed by atoms with E-state index >= 15 is 0 Å². The summed E-state index contributed by atoms with van der Waals surface area (Å²) in [4.78, 5) is 15.5. The van der Waals surface area contributed by atoms with E-state index in [1.165, 1.54) is 25.7 Å². The molecule has 0 saturated heterocycles. The minimum Gasteiger partial charge on any atom is -0.481 e. The maximum Gasteiger partial charge on any atom is 0.307 e. The summed E-state index contributed by atoms with van der Waals surface area (Å²) in [6.07, 6.45) is 9.08. The van der Waals surface area contributed by atoms with Crippen molar-refractivity contribution >= 4 is 5.97 Å². The highest BCUT2D eigenvalue weighted by Gasteiger charge is 2.45. The third kappa shape index (κ3) is 4.26. The summed E-state index contributed by atoms with van der Waals surface area (Å²) in [7, 11) is 0. The fourth-order valence-electron chi connectivity index (χ4n) is 3.90. The van der Waals surface area contributed by atoms with Gasteiger partial charge in [-0.25, -0.2) is 0 Å². The highest BCUT2D eigenvalue weighted by atomic mass is 16.5. The number of aliphatic carboxylic acids is 1. The van der Waals surface area contributed by atoms with Crippen LogP contribution < -0.4 is 4.74 Å². The molecule has 4 rings (SSSR count). The average molecular weight is 367 g/mol. The molecule has 6 heteroatoms. The molecule has 2 aliphatic carbocycles. The Labute approximate surface area is 159 Å². The Morgan fingerprint density at radius 3 is 2.78 bits per heavy atom. The topological polar surface area (TPSA) is 85.2 Å². The number of carbonyl (C=O) groups is 1. The molecule has 0 radical (unpaired) electrons. The van der Waals surface area contributed by atoms with Crippen molar-refractivity contribution in [3.05, 3.63) is 36.3 Å². The molecule has 0 aliphatic heterocycles. The second-order valence-corrected chi connectivity index (χ2v) is 7.98. The van der Waals surface area contributed by atoms with Gasteiger partial charge in [0, 0.05) is 29.4 Å². The molecule has 1 N–H and O–H groups in total. The number of carboxylic acids is 1. The van der Waals surface area contributed by atoms with Gasteiger partial charge in [-0.3, -0.25) is 9.78 Å². The number of hydrogen-bond donors (Lipinski definition) is 1. The van der Waals surface area contributed by atoms with Crippen LogP contribution in [0.5, 0.6) is 5.88 Å². The molecule has 0 amide bonds. The van der Waals surface area contributed by atoms with Crippen molar-refractivity contribution in [2.24, 2.45) is 17.8 Å². The van der Waals surface area contributed by atoms with E-state index in [4.69, 9.17) is 9.84 Å². The first-order valence-electron chi connectivity index (χ1n) is 9.75. The molecule has 0 unspecified atom stereocenters. The van der Waals surface area contributed by atoms with Gasteiger partial charge in [0.15, 0.2) is 0 Å². The minimum atomic E-state index is -0.745. The molecule has 2 aromatic heterocycles. The van der Waals surface area contributed by atoms with E-state index in [-0.39, 0.29) is 11.8 Å². The number of pyridine rings is 1.